The Bertz CT molecular complexity index is 496. The van der Waals surface area contributed by atoms with Crippen molar-refractivity contribution in [2.75, 3.05) is 5.75 Å². The van der Waals surface area contributed by atoms with Gasteiger partial charge in [0.15, 0.2) is 9.84 Å². The molecule has 3 amide bonds. The van der Waals surface area contributed by atoms with Gasteiger partial charge in [0.2, 0.25) is 5.91 Å². The molecule has 1 rings (SSSR count). The molecule has 0 bridgehead atoms. The zero-order valence-electron chi connectivity index (χ0n) is 8.21. The molecule has 7 heteroatoms. The second kappa shape index (κ2) is 4.75. The van der Waals surface area contributed by atoms with E-state index < -0.39 is 27.5 Å². The number of amides is 3. The Morgan fingerprint density at radius 2 is 1.75 bits per heavy atom. The van der Waals surface area contributed by atoms with E-state index >= 15 is 0 Å². The van der Waals surface area contributed by atoms with Crippen LogP contribution in [0.1, 0.15) is 0 Å². The summed E-state index contributed by atoms with van der Waals surface area (Å²) in [6.45, 7) is 0. The highest BCUT2D eigenvalue weighted by molar-refractivity contribution is 7.92. The summed E-state index contributed by atoms with van der Waals surface area (Å²) in [6, 6.07) is 6.40. The van der Waals surface area contributed by atoms with Gasteiger partial charge in [0.1, 0.15) is 5.75 Å². The standard InChI is InChI=1S/C9H10N2O4S/c10-9(13)11-8(12)6-16(14,15)7-4-2-1-3-5-7/h1-5H,6H2,(H3,10,11,12,13). The first-order valence-electron chi connectivity index (χ1n) is 4.29. The number of primary amides is 1. The van der Waals surface area contributed by atoms with Gasteiger partial charge in [0.05, 0.1) is 4.90 Å². The van der Waals surface area contributed by atoms with Gasteiger partial charge in [-0.15, -0.1) is 0 Å². The first-order chi connectivity index (χ1) is 7.42. The topological polar surface area (TPSA) is 106 Å². The van der Waals surface area contributed by atoms with Crippen LogP contribution in [-0.4, -0.2) is 26.1 Å². The Kier molecular flexibility index (Phi) is 3.62. The van der Waals surface area contributed by atoms with Crippen LogP contribution in [0.15, 0.2) is 35.2 Å². The Hall–Kier alpha value is -1.89. The predicted molar refractivity (Wildman–Crippen MR) is 56.2 cm³/mol. The van der Waals surface area contributed by atoms with Crippen LogP contribution in [0.25, 0.3) is 0 Å². The number of rotatable bonds is 3. The van der Waals surface area contributed by atoms with Crippen molar-refractivity contribution >= 4 is 21.8 Å². The van der Waals surface area contributed by atoms with Crippen molar-refractivity contribution in [2.45, 2.75) is 4.90 Å². The van der Waals surface area contributed by atoms with Crippen molar-refractivity contribution in [3.8, 4) is 0 Å². The summed E-state index contributed by atoms with van der Waals surface area (Å²) in [7, 11) is -3.72. The van der Waals surface area contributed by atoms with Crippen molar-refractivity contribution in [3.63, 3.8) is 0 Å². The minimum Gasteiger partial charge on any atom is -0.351 e. The minimum atomic E-state index is -3.72. The molecule has 0 atom stereocenters. The van der Waals surface area contributed by atoms with E-state index in [1.807, 2.05) is 0 Å². The maximum atomic E-state index is 11.6. The molecule has 0 radical (unpaired) electrons. The van der Waals surface area contributed by atoms with Crippen LogP contribution in [0.5, 0.6) is 0 Å². The van der Waals surface area contributed by atoms with Crippen molar-refractivity contribution in [1.29, 1.82) is 0 Å². The maximum absolute atomic E-state index is 11.6. The molecule has 0 unspecified atom stereocenters. The highest BCUT2D eigenvalue weighted by Crippen LogP contribution is 2.09. The van der Waals surface area contributed by atoms with Crippen LogP contribution >= 0.6 is 0 Å². The van der Waals surface area contributed by atoms with E-state index in [1.165, 1.54) is 12.1 Å². The van der Waals surface area contributed by atoms with Crippen molar-refractivity contribution in [2.24, 2.45) is 5.73 Å². The van der Waals surface area contributed by atoms with E-state index in [1.54, 1.807) is 23.5 Å². The lowest BCUT2D eigenvalue weighted by molar-refractivity contribution is -0.117. The molecule has 0 saturated heterocycles. The molecule has 0 aliphatic heterocycles. The average Bonchev–Trinajstić information content (AvgIpc) is 2.16. The van der Waals surface area contributed by atoms with E-state index in [9.17, 15) is 18.0 Å². The normalized spacial score (nSPS) is 10.8. The van der Waals surface area contributed by atoms with Gasteiger partial charge in [-0.25, -0.2) is 13.2 Å². The third-order valence-corrected chi connectivity index (χ3v) is 3.32. The molecule has 6 nitrogen and oxygen atoms in total. The number of nitrogens with one attached hydrogen (secondary N) is 1. The molecule has 0 fully saturated rings. The summed E-state index contributed by atoms with van der Waals surface area (Å²) in [5.41, 5.74) is 4.69. The minimum absolute atomic E-state index is 0.0228. The SMILES string of the molecule is NC(=O)NC(=O)CS(=O)(=O)c1ccccc1. The monoisotopic (exact) mass is 242 g/mol. The smallest absolute Gasteiger partial charge is 0.318 e. The molecular weight excluding hydrogens is 232 g/mol. The highest BCUT2D eigenvalue weighted by Gasteiger charge is 2.19. The Labute approximate surface area is 92.4 Å². The van der Waals surface area contributed by atoms with Gasteiger partial charge in [-0.2, -0.15) is 0 Å². The number of urea groups is 1. The van der Waals surface area contributed by atoms with Gasteiger partial charge in [-0.05, 0) is 12.1 Å². The number of nitrogens with two attached hydrogens (primary N) is 1. The number of imide groups is 1. The lowest BCUT2D eigenvalue weighted by Crippen LogP contribution is -2.38. The molecule has 0 aliphatic carbocycles. The zero-order valence-corrected chi connectivity index (χ0v) is 9.03. The molecule has 0 aromatic heterocycles. The number of carbonyl (C=O) groups excluding carboxylic acids is 2. The van der Waals surface area contributed by atoms with Crippen LogP contribution < -0.4 is 11.1 Å². The van der Waals surface area contributed by atoms with Crippen LogP contribution in [0.3, 0.4) is 0 Å². The average molecular weight is 242 g/mol. The quantitative estimate of drug-likeness (QED) is 0.755. The largest absolute Gasteiger partial charge is 0.351 e. The second-order valence-electron chi connectivity index (χ2n) is 2.98. The van der Waals surface area contributed by atoms with Crippen LogP contribution in [0, 0.1) is 0 Å². The first kappa shape index (κ1) is 12.2. The molecule has 16 heavy (non-hydrogen) atoms. The van der Waals surface area contributed by atoms with Gasteiger partial charge >= 0.3 is 6.03 Å². The van der Waals surface area contributed by atoms with E-state index in [-0.39, 0.29) is 4.90 Å². The fraction of sp³-hybridized carbons (Fsp3) is 0.111. The fourth-order valence-electron chi connectivity index (χ4n) is 1.06. The Morgan fingerprint density at radius 1 is 1.19 bits per heavy atom. The van der Waals surface area contributed by atoms with Gasteiger partial charge in [-0.3, -0.25) is 10.1 Å². The summed E-state index contributed by atoms with van der Waals surface area (Å²) in [6.07, 6.45) is 0. The maximum Gasteiger partial charge on any atom is 0.318 e. The predicted octanol–water partition coefficient (Wildman–Crippen LogP) is -0.345. The van der Waals surface area contributed by atoms with E-state index in [4.69, 9.17) is 0 Å². The van der Waals surface area contributed by atoms with Crippen molar-refractivity contribution < 1.29 is 18.0 Å². The fourth-order valence-corrected chi connectivity index (χ4v) is 2.21. The lowest BCUT2D eigenvalue weighted by atomic mass is 10.4. The number of sulfone groups is 1. The van der Waals surface area contributed by atoms with Crippen LogP contribution in [0.2, 0.25) is 0 Å². The summed E-state index contributed by atoms with van der Waals surface area (Å²) in [5, 5.41) is 1.69. The molecule has 1 aromatic rings. The van der Waals surface area contributed by atoms with Gasteiger partial charge < -0.3 is 5.73 Å². The Morgan fingerprint density at radius 3 is 2.25 bits per heavy atom. The molecule has 0 spiro atoms. The third kappa shape index (κ3) is 3.35. The molecule has 3 N–H and O–H groups in total. The zero-order chi connectivity index (χ0) is 12.2. The summed E-state index contributed by atoms with van der Waals surface area (Å²) in [5.74, 6) is -1.75. The van der Waals surface area contributed by atoms with E-state index in [2.05, 4.69) is 5.73 Å². The molecule has 0 aliphatic rings. The van der Waals surface area contributed by atoms with Gasteiger partial charge in [-0.1, -0.05) is 18.2 Å². The van der Waals surface area contributed by atoms with E-state index in [0.717, 1.165) is 0 Å². The molecule has 1 aromatic carbocycles. The van der Waals surface area contributed by atoms with Crippen LogP contribution in [0.4, 0.5) is 4.79 Å². The van der Waals surface area contributed by atoms with Crippen molar-refractivity contribution in [1.82, 2.24) is 5.32 Å². The molecule has 0 heterocycles. The molecule has 0 saturated carbocycles. The van der Waals surface area contributed by atoms with Crippen LogP contribution in [-0.2, 0) is 14.6 Å². The number of benzene rings is 1. The summed E-state index contributed by atoms with van der Waals surface area (Å²) < 4.78 is 23.2. The molecule has 86 valence electrons. The summed E-state index contributed by atoms with van der Waals surface area (Å²) in [4.78, 5) is 21.4. The highest BCUT2D eigenvalue weighted by atomic mass is 32.2. The number of carbonyl (C=O) groups is 2. The number of hydrogen-bond donors (Lipinski definition) is 2. The van der Waals surface area contributed by atoms with Gasteiger partial charge in [0, 0.05) is 0 Å². The Balaban J connectivity index is 2.81. The van der Waals surface area contributed by atoms with Gasteiger partial charge in [0.25, 0.3) is 0 Å². The summed E-state index contributed by atoms with van der Waals surface area (Å²) >= 11 is 0. The third-order valence-electron chi connectivity index (χ3n) is 1.69. The second-order valence-corrected chi connectivity index (χ2v) is 4.97. The number of hydrogen-bond acceptors (Lipinski definition) is 4. The first-order valence-corrected chi connectivity index (χ1v) is 5.94. The van der Waals surface area contributed by atoms with Crippen molar-refractivity contribution in [3.05, 3.63) is 30.3 Å². The lowest BCUT2D eigenvalue weighted by Gasteiger charge is -2.03. The molecular formula is C9H10N2O4S. The van der Waals surface area contributed by atoms with E-state index in [0.29, 0.717) is 0 Å².